The minimum absolute atomic E-state index is 0.228. The maximum Gasteiger partial charge on any atom is 0.219 e. The van der Waals surface area contributed by atoms with Gasteiger partial charge >= 0.3 is 0 Å². The molecule has 0 heterocycles. The summed E-state index contributed by atoms with van der Waals surface area (Å²) in [6, 6.07) is 14.5. The standard InChI is InChI=1S/C19H23NO4S/c1-4-19(25(20,21)22,13-15-5-9-17(23-2)10-6-15)14-16-7-11-18(24-3)12-8-16/h4-12H,1,13-14H2,2-3H3,(H2,20,21,22). The third-order valence-electron chi connectivity index (χ3n) is 4.26. The fourth-order valence-electron chi connectivity index (χ4n) is 2.70. The van der Waals surface area contributed by atoms with Gasteiger partial charge < -0.3 is 9.47 Å². The Hall–Kier alpha value is -2.31. The van der Waals surface area contributed by atoms with Crippen molar-refractivity contribution in [3.05, 3.63) is 72.3 Å². The molecule has 0 aliphatic carbocycles. The Labute approximate surface area is 149 Å². The van der Waals surface area contributed by atoms with E-state index in [1.807, 2.05) is 24.3 Å². The lowest BCUT2D eigenvalue weighted by Gasteiger charge is -2.28. The zero-order valence-electron chi connectivity index (χ0n) is 14.4. The van der Waals surface area contributed by atoms with Gasteiger partial charge in [0.25, 0.3) is 0 Å². The third-order valence-corrected chi connectivity index (χ3v) is 5.85. The first-order valence-electron chi connectivity index (χ1n) is 7.75. The Morgan fingerprint density at radius 1 is 0.920 bits per heavy atom. The van der Waals surface area contributed by atoms with Crippen LogP contribution in [0.4, 0.5) is 0 Å². The first kappa shape index (κ1) is 19.0. The molecule has 0 aliphatic rings. The van der Waals surface area contributed by atoms with E-state index in [-0.39, 0.29) is 12.8 Å². The summed E-state index contributed by atoms with van der Waals surface area (Å²) in [5, 5.41) is 5.58. The molecule has 2 rings (SSSR count). The van der Waals surface area contributed by atoms with Crippen molar-refractivity contribution in [2.45, 2.75) is 17.6 Å². The van der Waals surface area contributed by atoms with Gasteiger partial charge in [0.05, 0.1) is 14.2 Å². The summed E-state index contributed by atoms with van der Waals surface area (Å²) in [6.45, 7) is 3.75. The Bertz CT molecular complexity index is 762. The lowest BCUT2D eigenvalue weighted by Crippen LogP contribution is -2.45. The van der Waals surface area contributed by atoms with Crippen LogP contribution in [0.15, 0.2) is 61.2 Å². The molecule has 0 radical (unpaired) electrons. The van der Waals surface area contributed by atoms with Crippen LogP contribution in [0.3, 0.4) is 0 Å². The molecule has 134 valence electrons. The summed E-state index contributed by atoms with van der Waals surface area (Å²) in [4.78, 5) is 0. The van der Waals surface area contributed by atoms with Gasteiger partial charge in [-0.1, -0.05) is 30.3 Å². The molecule has 0 aromatic heterocycles. The maximum absolute atomic E-state index is 12.4. The fourth-order valence-corrected chi connectivity index (χ4v) is 3.67. The molecule has 2 N–H and O–H groups in total. The monoisotopic (exact) mass is 361 g/mol. The number of nitrogens with two attached hydrogens (primary N) is 1. The molecule has 25 heavy (non-hydrogen) atoms. The fraction of sp³-hybridized carbons (Fsp3) is 0.263. The number of hydrogen-bond acceptors (Lipinski definition) is 4. The van der Waals surface area contributed by atoms with Crippen LogP contribution in [-0.4, -0.2) is 27.4 Å². The van der Waals surface area contributed by atoms with Gasteiger partial charge in [-0.15, -0.1) is 6.58 Å². The number of hydrogen-bond donors (Lipinski definition) is 1. The van der Waals surface area contributed by atoms with Gasteiger partial charge in [0, 0.05) is 0 Å². The summed E-state index contributed by atoms with van der Waals surface area (Å²) < 4.78 is 33.8. The second kappa shape index (κ2) is 7.72. The van der Waals surface area contributed by atoms with Crippen molar-refractivity contribution in [3.8, 4) is 11.5 Å². The summed E-state index contributed by atoms with van der Waals surface area (Å²) in [6.07, 6.45) is 1.88. The van der Waals surface area contributed by atoms with Crippen molar-refractivity contribution >= 4 is 10.0 Å². The number of ether oxygens (including phenoxy) is 2. The van der Waals surface area contributed by atoms with E-state index >= 15 is 0 Å². The molecule has 0 amide bonds. The van der Waals surface area contributed by atoms with Gasteiger partial charge in [-0.25, -0.2) is 13.6 Å². The highest BCUT2D eigenvalue weighted by Crippen LogP contribution is 2.29. The molecule has 0 fully saturated rings. The smallest absolute Gasteiger partial charge is 0.219 e. The normalized spacial score (nSPS) is 11.8. The van der Waals surface area contributed by atoms with Crippen LogP contribution in [0.25, 0.3) is 0 Å². The van der Waals surface area contributed by atoms with Crippen molar-refractivity contribution in [1.82, 2.24) is 0 Å². The van der Waals surface area contributed by atoms with Gasteiger partial charge in [0.15, 0.2) is 0 Å². The molecular formula is C19H23NO4S. The highest BCUT2D eigenvalue weighted by Gasteiger charge is 2.39. The molecule has 0 saturated heterocycles. The van der Waals surface area contributed by atoms with Crippen molar-refractivity contribution in [2.75, 3.05) is 14.2 Å². The van der Waals surface area contributed by atoms with Gasteiger partial charge in [0.1, 0.15) is 16.2 Å². The van der Waals surface area contributed by atoms with E-state index in [1.54, 1.807) is 38.5 Å². The van der Waals surface area contributed by atoms with E-state index in [0.29, 0.717) is 11.5 Å². The van der Waals surface area contributed by atoms with E-state index in [9.17, 15) is 8.42 Å². The zero-order valence-corrected chi connectivity index (χ0v) is 15.3. The van der Waals surface area contributed by atoms with Crippen molar-refractivity contribution < 1.29 is 17.9 Å². The Kier molecular flexibility index (Phi) is 5.87. The Morgan fingerprint density at radius 2 is 1.28 bits per heavy atom. The molecule has 0 atom stereocenters. The first-order valence-corrected chi connectivity index (χ1v) is 9.30. The van der Waals surface area contributed by atoms with E-state index in [2.05, 4.69) is 6.58 Å². The molecule has 2 aromatic carbocycles. The van der Waals surface area contributed by atoms with E-state index in [0.717, 1.165) is 11.1 Å². The minimum Gasteiger partial charge on any atom is -0.497 e. The molecule has 5 nitrogen and oxygen atoms in total. The molecule has 0 aliphatic heterocycles. The number of primary sulfonamides is 1. The predicted octanol–water partition coefficient (Wildman–Crippen LogP) is 2.70. The average Bonchev–Trinajstić information content (AvgIpc) is 2.61. The molecule has 0 unspecified atom stereocenters. The van der Waals surface area contributed by atoms with Crippen LogP contribution in [0, 0.1) is 0 Å². The van der Waals surface area contributed by atoms with E-state index < -0.39 is 14.8 Å². The van der Waals surface area contributed by atoms with Crippen LogP contribution in [0.1, 0.15) is 11.1 Å². The van der Waals surface area contributed by atoms with Crippen molar-refractivity contribution in [3.63, 3.8) is 0 Å². The maximum atomic E-state index is 12.4. The molecule has 0 bridgehead atoms. The quantitative estimate of drug-likeness (QED) is 0.733. The van der Waals surface area contributed by atoms with Gasteiger partial charge in [-0.3, -0.25) is 0 Å². The molecule has 6 heteroatoms. The number of rotatable bonds is 8. The van der Waals surface area contributed by atoms with Crippen molar-refractivity contribution in [2.24, 2.45) is 5.14 Å². The SMILES string of the molecule is C=CC(Cc1ccc(OC)cc1)(Cc1ccc(OC)cc1)S(N)(=O)=O. The van der Waals surface area contributed by atoms with Crippen LogP contribution in [0.5, 0.6) is 11.5 Å². The van der Waals surface area contributed by atoms with Gasteiger partial charge in [-0.05, 0) is 48.2 Å². The van der Waals surface area contributed by atoms with Gasteiger partial charge in [-0.2, -0.15) is 0 Å². The summed E-state index contributed by atoms with van der Waals surface area (Å²) in [5.74, 6) is 1.41. The predicted molar refractivity (Wildman–Crippen MR) is 99.4 cm³/mol. The number of methoxy groups -OCH3 is 2. The topological polar surface area (TPSA) is 78.6 Å². The molecule has 0 saturated carbocycles. The van der Waals surface area contributed by atoms with E-state index in [1.165, 1.54) is 6.08 Å². The number of benzene rings is 2. The van der Waals surface area contributed by atoms with Crippen molar-refractivity contribution in [1.29, 1.82) is 0 Å². The minimum atomic E-state index is -3.88. The third kappa shape index (κ3) is 4.41. The highest BCUT2D eigenvalue weighted by molar-refractivity contribution is 7.90. The summed E-state index contributed by atoms with van der Waals surface area (Å²) in [7, 11) is -0.724. The highest BCUT2D eigenvalue weighted by atomic mass is 32.2. The van der Waals surface area contributed by atoms with E-state index in [4.69, 9.17) is 14.6 Å². The Morgan fingerprint density at radius 3 is 1.52 bits per heavy atom. The lowest BCUT2D eigenvalue weighted by molar-refractivity contribution is 0.414. The average molecular weight is 361 g/mol. The second-order valence-electron chi connectivity index (χ2n) is 5.86. The molecule has 0 spiro atoms. The largest absolute Gasteiger partial charge is 0.497 e. The number of sulfonamides is 1. The summed E-state index contributed by atoms with van der Waals surface area (Å²) >= 11 is 0. The van der Waals surface area contributed by atoms with Crippen LogP contribution in [0.2, 0.25) is 0 Å². The van der Waals surface area contributed by atoms with Gasteiger partial charge in [0.2, 0.25) is 10.0 Å². The summed E-state index contributed by atoms with van der Waals surface area (Å²) in [5.41, 5.74) is 1.67. The lowest BCUT2D eigenvalue weighted by atomic mass is 9.91. The molecule has 2 aromatic rings. The second-order valence-corrected chi connectivity index (χ2v) is 7.77. The zero-order chi connectivity index (χ0) is 18.5. The Balaban J connectivity index is 2.36. The van der Waals surface area contributed by atoms with Crippen LogP contribution in [-0.2, 0) is 22.9 Å². The van der Waals surface area contributed by atoms with Crippen LogP contribution < -0.4 is 14.6 Å². The molecular weight excluding hydrogens is 338 g/mol. The van der Waals surface area contributed by atoms with Crippen LogP contribution >= 0.6 is 0 Å². The first-order chi connectivity index (χ1) is 11.8.